The second-order valence-electron chi connectivity index (χ2n) is 9.96. The predicted molar refractivity (Wildman–Crippen MR) is 154 cm³/mol. The van der Waals surface area contributed by atoms with Gasteiger partial charge in [-0.25, -0.2) is 0 Å². The van der Waals surface area contributed by atoms with Gasteiger partial charge in [0, 0.05) is 27.3 Å². The number of amides is 1. The van der Waals surface area contributed by atoms with E-state index in [0.29, 0.717) is 26.9 Å². The van der Waals surface area contributed by atoms with Gasteiger partial charge in [-0.05, 0) is 79.9 Å². The van der Waals surface area contributed by atoms with Crippen LogP contribution < -0.4 is 9.64 Å². The van der Waals surface area contributed by atoms with Crippen LogP contribution in [0.1, 0.15) is 58.7 Å². The Kier molecular flexibility index (Phi) is 7.19. The van der Waals surface area contributed by atoms with Gasteiger partial charge in [0.2, 0.25) is 0 Å². The predicted octanol–water partition coefficient (Wildman–Crippen LogP) is 7.74. The summed E-state index contributed by atoms with van der Waals surface area (Å²) in [5.74, 6) is -0.463. The van der Waals surface area contributed by atoms with Gasteiger partial charge in [-0.3, -0.25) is 14.5 Å². The highest BCUT2D eigenvalue weighted by Gasteiger charge is 2.44. The van der Waals surface area contributed by atoms with Crippen molar-refractivity contribution in [3.05, 3.63) is 105 Å². The molecule has 200 valence electrons. The van der Waals surface area contributed by atoms with Crippen molar-refractivity contribution < 1.29 is 19.4 Å². The summed E-state index contributed by atoms with van der Waals surface area (Å²) >= 11 is 12.6. The Bertz CT molecular complexity index is 1590. The number of hydrogen-bond donors (Lipinski definition) is 1. The molecule has 4 aromatic rings. The summed E-state index contributed by atoms with van der Waals surface area (Å²) in [6, 6.07) is 19.8. The first-order valence-electron chi connectivity index (χ1n) is 12.6. The highest BCUT2D eigenvalue weighted by atomic mass is 35.5. The van der Waals surface area contributed by atoms with Crippen molar-refractivity contribution in [2.45, 2.75) is 39.3 Å². The van der Waals surface area contributed by atoms with Crippen LogP contribution in [0.15, 0.2) is 66.7 Å². The number of aromatic nitrogens is 1. The van der Waals surface area contributed by atoms with Crippen LogP contribution in [0.5, 0.6) is 5.75 Å². The number of carboxylic acids is 1. The molecule has 5 rings (SSSR count). The monoisotopic (exact) mass is 562 g/mol. The topological polar surface area (TPSA) is 71.8 Å². The molecule has 1 amide bonds. The molecule has 0 fully saturated rings. The molecule has 1 atom stereocenters. The molecule has 0 spiro atoms. The molecule has 6 nitrogen and oxygen atoms in total. The van der Waals surface area contributed by atoms with Gasteiger partial charge in [-0.2, -0.15) is 0 Å². The van der Waals surface area contributed by atoms with E-state index in [-0.39, 0.29) is 18.4 Å². The van der Waals surface area contributed by atoms with E-state index in [2.05, 4.69) is 18.4 Å². The van der Waals surface area contributed by atoms with Crippen LogP contribution in [0.3, 0.4) is 0 Å². The SMILES string of the molecule is COc1ccc(CC(=O)O)cc1-c1cc2c(n1C(C)C)[C@H](c1ccc(Cl)cc1)N(c1cc(Cl)ccc1C)C2=O. The first-order chi connectivity index (χ1) is 18.6. The van der Waals surface area contributed by atoms with Crippen molar-refractivity contribution in [1.29, 1.82) is 0 Å². The summed E-state index contributed by atoms with van der Waals surface area (Å²) in [5, 5.41) is 10.5. The maximum Gasteiger partial charge on any atom is 0.307 e. The molecule has 0 unspecified atom stereocenters. The van der Waals surface area contributed by atoms with Crippen LogP contribution in [-0.4, -0.2) is 28.7 Å². The third-order valence-electron chi connectivity index (χ3n) is 7.07. The summed E-state index contributed by atoms with van der Waals surface area (Å²) < 4.78 is 7.83. The van der Waals surface area contributed by atoms with Gasteiger partial charge >= 0.3 is 5.97 Å². The molecule has 0 saturated heterocycles. The number of nitrogens with zero attached hydrogens (tertiary/aromatic N) is 2. The second-order valence-corrected chi connectivity index (χ2v) is 10.8. The van der Waals surface area contributed by atoms with E-state index >= 15 is 0 Å². The first kappa shape index (κ1) is 26.9. The van der Waals surface area contributed by atoms with E-state index < -0.39 is 12.0 Å². The molecule has 1 aromatic heterocycles. The van der Waals surface area contributed by atoms with Crippen molar-refractivity contribution >= 4 is 40.8 Å². The maximum atomic E-state index is 14.2. The summed E-state index contributed by atoms with van der Waals surface area (Å²) in [6.45, 7) is 6.09. The fraction of sp³-hybridized carbons (Fsp3) is 0.226. The number of methoxy groups -OCH3 is 1. The van der Waals surface area contributed by atoms with E-state index in [9.17, 15) is 14.7 Å². The van der Waals surface area contributed by atoms with Crippen LogP contribution in [0.4, 0.5) is 5.69 Å². The van der Waals surface area contributed by atoms with Crippen LogP contribution in [0.25, 0.3) is 11.3 Å². The summed E-state index contributed by atoms with van der Waals surface area (Å²) in [5.41, 5.74) is 6.15. The number of rotatable bonds is 7. The minimum Gasteiger partial charge on any atom is -0.496 e. The molecule has 8 heteroatoms. The second kappa shape index (κ2) is 10.4. The third kappa shape index (κ3) is 4.79. The van der Waals surface area contributed by atoms with Crippen LogP contribution >= 0.6 is 23.2 Å². The number of anilines is 1. The van der Waals surface area contributed by atoms with Gasteiger partial charge in [-0.1, -0.05) is 47.5 Å². The first-order valence-corrected chi connectivity index (χ1v) is 13.4. The lowest BCUT2D eigenvalue weighted by Crippen LogP contribution is -2.30. The molecule has 0 radical (unpaired) electrons. The minimum absolute atomic E-state index is 0.0282. The van der Waals surface area contributed by atoms with Crippen molar-refractivity contribution in [2.24, 2.45) is 0 Å². The molecule has 39 heavy (non-hydrogen) atoms. The number of benzene rings is 3. The number of carboxylic acid groups (broad SMARTS) is 1. The van der Waals surface area contributed by atoms with Gasteiger partial charge in [0.25, 0.3) is 5.91 Å². The van der Waals surface area contributed by atoms with Crippen molar-refractivity contribution in [3.63, 3.8) is 0 Å². The van der Waals surface area contributed by atoms with Crippen LogP contribution in [0, 0.1) is 6.92 Å². The maximum absolute atomic E-state index is 14.2. The molecular weight excluding hydrogens is 535 g/mol. The zero-order chi connectivity index (χ0) is 28.0. The molecule has 1 aliphatic heterocycles. The molecule has 3 aromatic carbocycles. The van der Waals surface area contributed by atoms with Crippen molar-refractivity contribution in [1.82, 2.24) is 4.57 Å². The summed E-state index contributed by atoms with van der Waals surface area (Å²) in [4.78, 5) is 27.5. The Morgan fingerprint density at radius 1 is 0.974 bits per heavy atom. The van der Waals surface area contributed by atoms with Gasteiger partial charge in [0.15, 0.2) is 0 Å². The van der Waals surface area contributed by atoms with Crippen LogP contribution in [0.2, 0.25) is 10.0 Å². The Morgan fingerprint density at radius 3 is 2.31 bits per heavy atom. The fourth-order valence-corrected chi connectivity index (χ4v) is 5.70. The lowest BCUT2D eigenvalue weighted by atomic mass is 10.0. The van der Waals surface area contributed by atoms with Crippen molar-refractivity contribution in [2.75, 3.05) is 12.0 Å². The Labute approximate surface area is 237 Å². The number of carbonyl (C=O) groups is 2. The lowest BCUT2D eigenvalue weighted by Gasteiger charge is -2.30. The minimum atomic E-state index is -0.918. The molecule has 2 heterocycles. The molecule has 1 N–H and O–H groups in total. The molecule has 0 aliphatic carbocycles. The summed E-state index contributed by atoms with van der Waals surface area (Å²) in [6.07, 6.45) is -0.118. The molecule has 1 aliphatic rings. The molecule has 0 bridgehead atoms. The van der Waals surface area contributed by atoms with E-state index in [4.69, 9.17) is 27.9 Å². The van der Waals surface area contributed by atoms with Crippen molar-refractivity contribution in [3.8, 4) is 17.0 Å². The average molecular weight is 563 g/mol. The highest BCUT2D eigenvalue weighted by molar-refractivity contribution is 6.31. The van der Waals surface area contributed by atoms with E-state index in [0.717, 1.165) is 33.8 Å². The lowest BCUT2D eigenvalue weighted by molar-refractivity contribution is -0.136. The number of carbonyl (C=O) groups excluding carboxylic acids is 1. The van der Waals surface area contributed by atoms with Crippen LogP contribution in [-0.2, 0) is 11.2 Å². The number of aryl methyl sites for hydroxylation is 1. The number of halogens is 2. The van der Waals surface area contributed by atoms with E-state index in [1.807, 2.05) is 61.5 Å². The number of fused-ring (bicyclic) bond motifs is 1. The number of ether oxygens (including phenoxy) is 1. The Morgan fingerprint density at radius 2 is 1.67 bits per heavy atom. The Hall–Kier alpha value is -3.74. The van der Waals surface area contributed by atoms with Gasteiger partial charge in [0.05, 0.1) is 30.5 Å². The largest absolute Gasteiger partial charge is 0.496 e. The standard InChI is InChI=1S/C31H28Cl2N2O4/c1-17(2)34-26(23-13-19(14-28(36)37)6-12-27(23)39-4)16-24-30(34)29(20-7-10-21(32)11-8-20)35(31(24)38)25-15-22(33)9-5-18(25)3/h5-13,15-17,29H,14H2,1-4H3,(H,36,37)/t29-/m0/s1. The van der Waals surface area contributed by atoms with E-state index in [1.54, 1.807) is 24.1 Å². The Balaban J connectivity index is 1.78. The smallest absolute Gasteiger partial charge is 0.307 e. The van der Waals surface area contributed by atoms with E-state index in [1.165, 1.54) is 0 Å². The molecule has 0 saturated carbocycles. The normalized spacial score (nSPS) is 14.7. The third-order valence-corrected chi connectivity index (χ3v) is 7.56. The molecular formula is C31H28Cl2N2O4. The zero-order valence-electron chi connectivity index (χ0n) is 22.0. The summed E-state index contributed by atoms with van der Waals surface area (Å²) in [7, 11) is 1.58. The number of hydrogen-bond acceptors (Lipinski definition) is 3. The fourth-order valence-electron chi connectivity index (χ4n) is 5.41. The van der Waals surface area contributed by atoms with Gasteiger partial charge in [-0.15, -0.1) is 0 Å². The zero-order valence-corrected chi connectivity index (χ0v) is 23.5. The highest BCUT2D eigenvalue weighted by Crippen LogP contribution is 2.48. The quantitative estimate of drug-likeness (QED) is 0.250. The number of aliphatic carboxylic acids is 1. The van der Waals surface area contributed by atoms with Gasteiger partial charge in [0.1, 0.15) is 11.8 Å². The average Bonchev–Trinajstić information content (AvgIpc) is 3.41. The van der Waals surface area contributed by atoms with Gasteiger partial charge < -0.3 is 14.4 Å².